The molecule has 0 bridgehead atoms. The van der Waals surface area contributed by atoms with Crippen LogP contribution in [0.2, 0.25) is 0 Å². The minimum atomic E-state index is -0.0704. The van der Waals surface area contributed by atoms with Crippen LogP contribution in [0.5, 0.6) is 0 Å². The quantitative estimate of drug-likeness (QED) is 0.742. The Morgan fingerprint density at radius 1 is 1.00 bits per heavy atom. The number of carbonyl (C=O) groups excluding carboxylic acids is 2. The van der Waals surface area contributed by atoms with Crippen molar-refractivity contribution in [3.8, 4) is 0 Å². The van der Waals surface area contributed by atoms with Crippen LogP contribution in [0.4, 0.5) is 0 Å². The summed E-state index contributed by atoms with van der Waals surface area (Å²) >= 11 is 0. The van der Waals surface area contributed by atoms with E-state index in [0.717, 1.165) is 35.0 Å². The van der Waals surface area contributed by atoms with Crippen LogP contribution in [0, 0.1) is 13.8 Å². The van der Waals surface area contributed by atoms with Gasteiger partial charge in [-0.25, -0.2) is 0 Å². The van der Waals surface area contributed by atoms with Gasteiger partial charge in [0.05, 0.1) is 11.1 Å². The second-order valence-electron chi connectivity index (χ2n) is 7.74. The van der Waals surface area contributed by atoms with Gasteiger partial charge in [0.25, 0.3) is 11.8 Å². The summed E-state index contributed by atoms with van der Waals surface area (Å²) in [4.78, 5) is 32.0. The monoisotopic (exact) mass is 387 g/mol. The molecule has 4 rings (SSSR count). The number of amides is 2. The Balaban J connectivity index is 1.44. The summed E-state index contributed by atoms with van der Waals surface area (Å²) in [6, 6.07) is 17.2. The molecule has 0 radical (unpaired) electrons. The van der Waals surface area contributed by atoms with Crippen molar-refractivity contribution >= 4 is 22.7 Å². The lowest BCUT2D eigenvalue weighted by Crippen LogP contribution is -2.46. The van der Waals surface area contributed by atoms with Gasteiger partial charge in [-0.05, 0) is 57.0 Å². The van der Waals surface area contributed by atoms with Crippen LogP contribution in [0.15, 0.2) is 54.6 Å². The van der Waals surface area contributed by atoms with Gasteiger partial charge >= 0.3 is 0 Å². The zero-order valence-corrected chi connectivity index (χ0v) is 16.8. The minimum absolute atomic E-state index is 0.0570. The Bertz CT molecular complexity index is 1050. The molecule has 5 nitrogen and oxygen atoms in total. The molecule has 1 aromatic heterocycles. The average Bonchev–Trinajstić information content (AvgIpc) is 2.74. The normalized spacial score (nSPS) is 14.8. The first kappa shape index (κ1) is 19.1. The fourth-order valence-corrected chi connectivity index (χ4v) is 3.91. The minimum Gasteiger partial charge on any atom is -0.349 e. The van der Waals surface area contributed by atoms with Gasteiger partial charge in [0.2, 0.25) is 0 Å². The third kappa shape index (κ3) is 4.14. The molecule has 1 aliphatic heterocycles. The highest BCUT2D eigenvalue weighted by Gasteiger charge is 2.25. The first-order valence-electron chi connectivity index (χ1n) is 10.0. The molecule has 0 atom stereocenters. The number of pyridine rings is 1. The summed E-state index contributed by atoms with van der Waals surface area (Å²) < 4.78 is 0. The van der Waals surface area contributed by atoms with Gasteiger partial charge in [-0.1, -0.05) is 29.8 Å². The van der Waals surface area contributed by atoms with Crippen molar-refractivity contribution in [3.05, 3.63) is 77.0 Å². The predicted octanol–water partition coefficient (Wildman–Crippen LogP) is 3.89. The lowest BCUT2D eigenvalue weighted by atomic mass is 10.0. The van der Waals surface area contributed by atoms with E-state index in [1.807, 2.05) is 73.3 Å². The number of rotatable bonds is 3. The average molecular weight is 387 g/mol. The molecule has 2 aromatic carbocycles. The van der Waals surface area contributed by atoms with E-state index >= 15 is 0 Å². The smallest absolute Gasteiger partial charge is 0.253 e. The highest BCUT2D eigenvalue weighted by molar-refractivity contribution is 6.06. The molecule has 1 N–H and O–H groups in total. The van der Waals surface area contributed by atoms with Crippen molar-refractivity contribution in [3.63, 3.8) is 0 Å². The molecule has 0 saturated carbocycles. The Kier molecular flexibility index (Phi) is 5.30. The van der Waals surface area contributed by atoms with Crippen LogP contribution in [0.1, 0.15) is 44.8 Å². The van der Waals surface area contributed by atoms with Crippen molar-refractivity contribution in [1.29, 1.82) is 0 Å². The number of piperidine rings is 1. The Morgan fingerprint density at radius 2 is 1.72 bits per heavy atom. The van der Waals surface area contributed by atoms with Gasteiger partial charge in [0, 0.05) is 35.8 Å². The van der Waals surface area contributed by atoms with Gasteiger partial charge in [0.15, 0.2) is 0 Å². The highest BCUT2D eigenvalue weighted by Crippen LogP contribution is 2.21. The van der Waals surface area contributed by atoms with E-state index in [4.69, 9.17) is 0 Å². The summed E-state index contributed by atoms with van der Waals surface area (Å²) in [5, 5.41) is 4.05. The number of hydrogen-bond donors (Lipinski definition) is 1. The number of aryl methyl sites for hydroxylation is 2. The molecule has 5 heteroatoms. The zero-order valence-electron chi connectivity index (χ0n) is 16.8. The van der Waals surface area contributed by atoms with Crippen LogP contribution in [-0.4, -0.2) is 40.8 Å². The molecule has 3 aromatic rings. The van der Waals surface area contributed by atoms with Gasteiger partial charge in [-0.3, -0.25) is 14.6 Å². The van der Waals surface area contributed by atoms with Crippen molar-refractivity contribution in [1.82, 2.24) is 15.2 Å². The SMILES string of the molecule is Cc1ccc2nc(C)cc(C(=O)NC3CCN(C(=O)c4ccccc4)CC3)c2c1. The van der Waals surface area contributed by atoms with E-state index in [1.54, 1.807) is 0 Å². The van der Waals surface area contributed by atoms with E-state index in [1.165, 1.54) is 0 Å². The van der Waals surface area contributed by atoms with E-state index in [0.29, 0.717) is 24.2 Å². The van der Waals surface area contributed by atoms with Crippen molar-refractivity contribution in [2.45, 2.75) is 32.7 Å². The number of nitrogens with zero attached hydrogens (tertiary/aromatic N) is 2. The largest absolute Gasteiger partial charge is 0.349 e. The number of benzene rings is 2. The van der Waals surface area contributed by atoms with Crippen LogP contribution < -0.4 is 5.32 Å². The van der Waals surface area contributed by atoms with Gasteiger partial charge in [-0.15, -0.1) is 0 Å². The predicted molar refractivity (Wildman–Crippen MR) is 114 cm³/mol. The molecular formula is C24H25N3O2. The number of fused-ring (bicyclic) bond motifs is 1. The number of aromatic nitrogens is 1. The zero-order chi connectivity index (χ0) is 20.4. The lowest BCUT2D eigenvalue weighted by molar-refractivity contribution is 0.0698. The summed E-state index contributed by atoms with van der Waals surface area (Å²) in [5.74, 6) is -0.0134. The molecule has 0 spiro atoms. The third-order valence-electron chi connectivity index (χ3n) is 5.48. The highest BCUT2D eigenvalue weighted by atomic mass is 16.2. The maximum Gasteiger partial charge on any atom is 0.253 e. The maximum absolute atomic E-state index is 13.0. The van der Waals surface area contributed by atoms with Crippen molar-refractivity contribution in [2.75, 3.05) is 13.1 Å². The molecule has 2 heterocycles. The first-order chi connectivity index (χ1) is 14.0. The number of carbonyl (C=O) groups is 2. The Morgan fingerprint density at radius 3 is 2.45 bits per heavy atom. The lowest BCUT2D eigenvalue weighted by Gasteiger charge is -2.32. The molecule has 1 saturated heterocycles. The topological polar surface area (TPSA) is 62.3 Å². The van der Waals surface area contributed by atoms with E-state index < -0.39 is 0 Å². The fraction of sp³-hybridized carbons (Fsp3) is 0.292. The first-order valence-corrected chi connectivity index (χ1v) is 10.0. The van der Waals surface area contributed by atoms with E-state index in [-0.39, 0.29) is 17.9 Å². The summed E-state index contributed by atoms with van der Waals surface area (Å²) in [6.45, 7) is 5.21. The summed E-state index contributed by atoms with van der Waals surface area (Å²) in [5.41, 5.74) is 4.15. The molecule has 1 aliphatic rings. The molecule has 2 amide bonds. The van der Waals surface area contributed by atoms with E-state index in [2.05, 4.69) is 10.3 Å². The fourth-order valence-electron chi connectivity index (χ4n) is 3.91. The third-order valence-corrected chi connectivity index (χ3v) is 5.48. The van der Waals surface area contributed by atoms with Gasteiger partial charge in [0.1, 0.15) is 0 Å². The standard InChI is InChI=1S/C24H25N3O2/c1-16-8-9-22-20(14-16)21(15-17(2)25-22)23(28)26-19-10-12-27(13-11-19)24(29)18-6-4-3-5-7-18/h3-9,14-15,19H,10-13H2,1-2H3,(H,26,28). The molecule has 0 unspecified atom stereocenters. The van der Waals surface area contributed by atoms with Crippen LogP contribution in [0.3, 0.4) is 0 Å². The molecule has 148 valence electrons. The van der Waals surface area contributed by atoms with Gasteiger partial charge < -0.3 is 10.2 Å². The Hall–Kier alpha value is -3.21. The van der Waals surface area contributed by atoms with Gasteiger partial charge in [-0.2, -0.15) is 0 Å². The summed E-state index contributed by atoms with van der Waals surface area (Å²) in [7, 11) is 0. The number of nitrogens with one attached hydrogen (secondary N) is 1. The number of likely N-dealkylation sites (tertiary alicyclic amines) is 1. The van der Waals surface area contributed by atoms with Crippen LogP contribution >= 0.6 is 0 Å². The summed E-state index contributed by atoms with van der Waals surface area (Å²) in [6.07, 6.45) is 1.51. The number of hydrogen-bond acceptors (Lipinski definition) is 3. The maximum atomic E-state index is 13.0. The molecule has 0 aliphatic carbocycles. The Labute approximate surface area is 170 Å². The van der Waals surface area contributed by atoms with E-state index in [9.17, 15) is 9.59 Å². The molecule has 29 heavy (non-hydrogen) atoms. The second-order valence-corrected chi connectivity index (χ2v) is 7.74. The van der Waals surface area contributed by atoms with Crippen LogP contribution in [-0.2, 0) is 0 Å². The molecule has 1 fully saturated rings. The second kappa shape index (κ2) is 8.03. The van der Waals surface area contributed by atoms with Crippen molar-refractivity contribution < 1.29 is 9.59 Å². The van der Waals surface area contributed by atoms with Crippen molar-refractivity contribution in [2.24, 2.45) is 0 Å². The molecular weight excluding hydrogens is 362 g/mol. The van der Waals surface area contributed by atoms with Crippen LogP contribution in [0.25, 0.3) is 10.9 Å².